The number of hydrogen-bond acceptors (Lipinski definition) is 2. The normalized spacial score (nSPS) is 20.8. The molecule has 0 saturated carbocycles. The number of benzene rings is 1. The van der Waals surface area contributed by atoms with E-state index in [-0.39, 0.29) is 0 Å². The first-order chi connectivity index (χ1) is 5.79. The summed E-state index contributed by atoms with van der Waals surface area (Å²) in [4.78, 5) is 10.8. The maximum atomic E-state index is 10.8. The molecule has 1 aliphatic rings. The van der Waals surface area contributed by atoms with Crippen LogP contribution in [0, 0.1) is 0 Å². The van der Waals surface area contributed by atoms with E-state index in [0.717, 1.165) is 11.1 Å². The number of rotatable bonds is 1. The van der Waals surface area contributed by atoms with Crippen LogP contribution in [0.4, 0.5) is 0 Å². The Morgan fingerprint density at radius 2 is 2.08 bits per heavy atom. The highest BCUT2D eigenvalue weighted by atomic mass is 31.1. The summed E-state index contributed by atoms with van der Waals surface area (Å²) in [6.07, 6.45) is 3.57. The standard InChI is InChI=1S/C9H7O2P/c10-12(11)9-6-5-7-3-1-2-4-8(7)9/h1-6,9H. The molecule has 1 aromatic carbocycles. The number of hydrogen-bond donors (Lipinski definition) is 0. The average Bonchev–Trinajstić information content (AvgIpc) is 2.47. The highest BCUT2D eigenvalue weighted by Gasteiger charge is 2.26. The van der Waals surface area contributed by atoms with Crippen LogP contribution in [0.5, 0.6) is 0 Å². The molecule has 3 heteroatoms. The minimum absolute atomic E-state index is 0.406. The second kappa shape index (κ2) is 2.81. The summed E-state index contributed by atoms with van der Waals surface area (Å²) in [6, 6.07) is 7.54. The molecule has 0 N–H and O–H groups in total. The quantitative estimate of drug-likeness (QED) is 0.615. The van der Waals surface area contributed by atoms with Crippen LogP contribution in [0.1, 0.15) is 16.8 Å². The molecular formula is C9H7O2P. The zero-order chi connectivity index (χ0) is 8.55. The first kappa shape index (κ1) is 7.66. The molecule has 2 rings (SSSR count). The van der Waals surface area contributed by atoms with Crippen LogP contribution in [0.25, 0.3) is 6.08 Å². The maximum absolute atomic E-state index is 10.8. The van der Waals surface area contributed by atoms with Crippen molar-refractivity contribution in [2.24, 2.45) is 0 Å². The van der Waals surface area contributed by atoms with Crippen molar-refractivity contribution < 1.29 is 9.46 Å². The first-order valence-corrected chi connectivity index (χ1v) is 4.94. The lowest BCUT2D eigenvalue weighted by molar-refractivity contribution is -0.165. The van der Waals surface area contributed by atoms with Gasteiger partial charge in [0.05, 0.1) is 0 Å². The predicted molar refractivity (Wildman–Crippen MR) is 45.8 cm³/mol. The Kier molecular flexibility index (Phi) is 1.80. The monoisotopic (exact) mass is 178 g/mol. The van der Waals surface area contributed by atoms with E-state index in [1.807, 2.05) is 30.3 Å². The van der Waals surface area contributed by atoms with Gasteiger partial charge in [0.15, 0.2) is 5.66 Å². The molecule has 0 amide bonds. The van der Waals surface area contributed by atoms with E-state index in [1.54, 1.807) is 6.08 Å². The van der Waals surface area contributed by atoms with E-state index in [4.69, 9.17) is 0 Å². The van der Waals surface area contributed by atoms with Crippen molar-refractivity contribution in [1.29, 1.82) is 0 Å². The lowest BCUT2D eigenvalue weighted by Gasteiger charge is -2.00. The van der Waals surface area contributed by atoms with Crippen LogP contribution < -0.4 is 4.89 Å². The molecule has 0 bridgehead atoms. The molecule has 0 heterocycles. The van der Waals surface area contributed by atoms with Crippen molar-refractivity contribution in [1.82, 2.24) is 0 Å². The molecule has 2 atom stereocenters. The minimum atomic E-state index is -2.38. The molecular weight excluding hydrogens is 171 g/mol. The van der Waals surface area contributed by atoms with Crippen molar-refractivity contribution in [3.8, 4) is 0 Å². The Hall–Kier alpha value is -0.980. The van der Waals surface area contributed by atoms with Crippen molar-refractivity contribution in [3.63, 3.8) is 0 Å². The van der Waals surface area contributed by atoms with Gasteiger partial charge in [0.2, 0.25) is 0 Å². The van der Waals surface area contributed by atoms with Crippen LogP contribution in [-0.2, 0) is 4.57 Å². The van der Waals surface area contributed by atoms with Gasteiger partial charge in [0, 0.05) is 5.56 Å². The molecule has 60 valence electrons. The Bertz CT molecular complexity index is 357. The summed E-state index contributed by atoms with van der Waals surface area (Å²) in [6.45, 7) is 0. The molecule has 1 aliphatic carbocycles. The van der Waals surface area contributed by atoms with E-state index in [2.05, 4.69) is 0 Å². The van der Waals surface area contributed by atoms with Crippen LogP contribution in [0.15, 0.2) is 30.3 Å². The SMILES string of the molecule is O=[P+]([O-])C1C=Cc2ccccc21. The highest BCUT2D eigenvalue weighted by Crippen LogP contribution is 2.42. The number of fused-ring (bicyclic) bond motifs is 1. The van der Waals surface area contributed by atoms with Crippen LogP contribution >= 0.6 is 8.03 Å². The summed E-state index contributed by atoms with van der Waals surface area (Å²) < 4.78 is 10.8. The van der Waals surface area contributed by atoms with Gasteiger partial charge in [0.1, 0.15) is 0 Å². The smallest absolute Gasteiger partial charge is 0.321 e. The molecule has 0 fully saturated rings. The summed E-state index contributed by atoms with van der Waals surface area (Å²) >= 11 is 0. The van der Waals surface area contributed by atoms with E-state index in [9.17, 15) is 9.46 Å². The van der Waals surface area contributed by atoms with Crippen LogP contribution in [0.3, 0.4) is 0 Å². The highest BCUT2D eigenvalue weighted by molar-refractivity contribution is 7.37. The second-order valence-corrected chi connectivity index (χ2v) is 3.85. The minimum Gasteiger partial charge on any atom is -0.595 e. The maximum Gasteiger partial charge on any atom is 0.321 e. The molecule has 2 nitrogen and oxygen atoms in total. The lowest BCUT2D eigenvalue weighted by Crippen LogP contribution is -1.95. The molecule has 0 spiro atoms. The van der Waals surface area contributed by atoms with Crippen LogP contribution in [-0.4, -0.2) is 0 Å². The molecule has 2 unspecified atom stereocenters. The average molecular weight is 178 g/mol. The van der Waals surface area contributed by atoms with Gasteiger partial charge in [-0.2, -0.15) is 0 Å². The fourth-order valence-corrected chi connectivity index (χ4v) is 2.10. The van der Waals surface area contributed by atoms with Gasteiger partial charge in [0.25, 0.3) is 0 Å². The zero-order valence-corrected chi connectivity index (χ0v) is 7.20. The third kappa shape index (κ3) is 1.09. The summed E-state index contributed by atoms with van der Waals surface area (Å²) in [5.74, 6) is 0. The van der Waals surface area contributed by atoms with E-state index >= 15 is 0 Å². The van der Waals surface area contributed by atoms with Gasteiger partial charge in [-0.3, -0.25) is 0 Å². The summed E-state index contributed by atoms with van der Waals surface area (Å²) in [5, 5.41) is 0. The van der Waals surface area contributed by atoms with Crippen molar-refractivity contribution in [2.45, 2.75) is 5.66 Å². The van der Waals surface area contributed by atoms with Gasteiger partial charge in [-0.1, -0.05) is 34.9 Å². The fraction of sp³-hybridized carbons (Fsp3) is 0.111. The molecule has 12 heavy (non-hydrogen) atoms. The Morgan fingerprint density at radius 3 is 2.83 bits per heavy atom. The second-order valence-electron chi connectivity index (χ2n) is 2.72. The Labute approximate surface area is 71.4 Å². The van der Waals surface area contributed by atoms with Gasteiger partial charge >= 0.3 is 8.03 Å². The third-order valence-electron chi connectivity index (χ3n) is 2.00. The van der Waals surface area contributed by atoms with Gasteiger partial charge < -0.3 is 4.89 Å². The predicted octanol–water partition coefficient (Wildman–Crippen LogP) is 1.86. The molecule has 0 aromatic heterocycles. The Balaban J connectivity index is 2.49. The fourth-order valence-electron chi connectivity index (χ4n) is 1.41. The van der Waals surface area contributed by atoms with Gasteiger partial charge in [-0.05, 0) is 11.6 Å². The van der Waals surface area contributed by atoms with Gasteiger partial charge in [-0.15, -0.1) is 0 Å². The van der Waals surface area contributed by atoms with Crippen LogP contribution in [0.2, 0.25) is 0 Å². The topological polar surface area (TPSA) is 40.1 Å². The molecule has 1 aromatic rings. The van der Waals surface area contributed by atoms with Crippen molar-refractivity contribution >= 4 is 14.1 Å². The van der Waals surface area contributed by atoms with E-state index in [1.165, 1.54) is 0 Å². The third-order valence-corrected chi connectivity index (χ3v) is 2.90. The summed E-state index contributed by atoms with van der Waals surface area (Å²) in [7, 11) is -2.38. The first-order valence-electron chi connectivity index (χ1n) is 3.69. The molecule has 0 saturated heterocycles. The number of allylic oxidation sites excluding steroid dienone is 1. The largest absolute Gasteiger partial charge is 0.595 e. The molecule has 0 radical (unpaired) electrons. The van der Waals surface area contributed by atoms with Crippen molar-refractivity contribution in [3.05, 3.63) is 41.5 Å². The van der Waals surface area contributed by atoms with Gasteiger partial charge in [-0.25, -0.2) is 0 Å². The molecule has 0 aliphatic heterocycles. The van der Waals surface area contributed by atoms with E-state index in [0.29, 0.717) is 0 Å². The van der Waals surface area contributed by atoms with E-state index < -0.39 is 13.7 Å². The summed E-state index contributed by atoms with van der Waals surface area (Å²) in [5.41, 5.74) is 1.51. The Morgan fingerprint density at radius 1 is 1.33 bits per heavy atom. The van der Waals surface area contributed by atoms with Crippen molar-refractivity contribution in [2.75, 3.05) is 0 Å². The zero-order valence-electron chi connectivity index (χ0n) is 6.31. The lowest BCUT2D eigenvalue weighted by atomic mass is 10.1.